The SMILES string of the molecule is CCOC(=O)C1c2c(nc(N)c(C#N)c2N)N(S(=O)(=O)c2ccc(C)cc2)C1c1ccc(OC)cc1. The van der Waals surface area contributed by atoms with Crippen LogP contribution in [-0.2, 0) is 19.6 Å². The molecule has 2 unspecified atom stereocenters. The van der Waals surface area contributed by atoms with Crippen LogP contribution in [-0.4, -0.2) is 33.1 Å². The topological polar surface area (TPSA) is 162 Å². The van der Waals surface area contributed by atoms with Gasteiger partial charge in [0.15, 0.2) is 5.82 Å². The predicted octanol–water partition coefficient (Wildman–Crippen LogP) is 3.03. The van der Waals surface area contributed by atoms with Gasteiger partial charge in [0.2, 0.25) is 0 Å². The highest BCUT2D eigenvalue weighted by atomic mass is 32.2. The number of nitriles is 1. The van der Waals surface area contributed by atoms with Crippen molar-refractivity contribution >= 4 is 33.3 Å². The number of methoxy groups -OCH3 is 1. The number of sulfonamides is 1. The zero-order chi connectivity index (χ0) is 26.2. The molecule has 0 aliphatic carbocycles. The van der Waals surface area contributed by atoms with E-state index in [1.54, 1.807) is 43.3 Å². The molecule has 2 heterocycles. The molecular weight excluding hydrogens is 482 g/mol. The van der Waals surface area contributed by atoms with Crippen molar-refractivity contribution in [3.8, 4) is 11.8 Å². The molecule has 0 saturated heterocycles. The number of ether oxygens (including phenoxy) is 2. The van der Waals surface area contributed by atoms with E-state index < -0.39 is 28.0 Å². The number of hydrogen-bond donors (Lipinski definition) is 2. The second-order valence-electron chi connectivity index (χ2n) is 8.20. The number of carbonyl (C=O) groups is 1. The number of nitrogens with zero attached hydrogens (tertiary/aromatic N) is 3. The van der Waals surface area contributed by atoms with Gasteiger partial charge in [-0.1, -0.05) is 29.8 Å². The molecule has 4 rings (SSSR count). The third-order valence-corrected chi connectivity index (χ3v) is 7.84. The Hall–Kier alpha value is -4.30. The molecule has 2 atom stereocenters. The third-order valence-electron chi connectivity index (χ3n) is 6.06. The van der Waals surface area contributed by atoms with Crippen LogP contribution in [0.2, 0.25) is 0 Å². The van der Waals surface area contributed by atoms with E-state index in [0.29, 0.717) is 11.3 Å². The summed E-state index contributed by atoms with van der Waals surface area (Å²) in [7, 11) is -2.77. The normalized spacial score (nSPS) is 16.8. The summed E-state index contributed by atoms with van der Waals surface area (Å²) in [6, 6.07) is 13.7. The molecule has 1 aliphatic rings. The molecule has 1 aromatic heterocycles. The molecule has 11 heteroatoms. The molecule has 186 valence electrons. The summed E-state index contributed by atoms with van der Waals surface area (Å²) < 4.78 is 39.8. The van der Waals surface area contributed by atoms with Crippen LogP contribution < -0.4 is 20.5 Å². The minimum absolute atomic E-state index is 0.00891. The Bertz CT molecular complexity index is 1460. The van der Waals surface area contributed by atoms with Gasteiger partial charge >= 0.3 is 5.97 Å². The molecule has 0 spiro atoms. The fraction of sp³-hybridized carbons (Fsp3) is 0.240. The van der Waals surface area contributed by atoms with E-state index >= 15 is 0 Å². The van der Waals surface area contributed by atoms with Gasteiger partial charge in [-0.25, -0.2) is 17.7 Å². The lowest BCUT2D eigenvalue weighted by atomic mass is 9.89. The molecule has 0 bridgehead atoms. The highest BCUT2D eigenvalue weighted by Crippen LogP contribution is 2.54. The van der Waals surface area contributed by atoms with E-state index in [-0.39, 0.29) is 40.0 Å². The molecular formula is C25H25N5O5S. The van der Waals surface area contributed by atoms with Gasteiger partial charge in [0.1, 0.15) is 29.1 Å². The van der Waals surface area contributed by atoms with Crippen molar-refractivity contribution in [2.24, 2.45) is 0 Å². The number of nitrogen functional groups attached to an aromatic ring is 2. The number of aryl methyl sites for hydroxylation is 1. The van der Waals surface area contributed by atoms with Gasteiger partial charge in [0.05, 0.1) is 30.3 Å². The van der Waals surface area contributed by atoms with Gasteiger partial charge in [-0.05, 0) is 43.7 Å². The van der Waals surface area contributed by atoms with Gasteiger partial charge in [0, 0.05) is 5.56 Å². The highest BCUT2D eigenvalue weighted by molar-refractivity contribution is 7.92. The number of hydrogen-bond acceptors (Lipinski definition) is 9. The van der Waals surface area contributed by atoms with Crippen LogP contribution in [0.25, 0.3) is 0 Å². The van der Waals surface area contributed by atoms with Gasteiger partial charge in [-0.3, -0.25) is 4.79 Å². The fourth-order valence-electron chi connectivity index (χ4n) is 4.34. The van der Waals surface area contributed by atoms with Crippen molar-refractivity contribution in [2.45, 2.75) is 30.7 Å². The largest absolute Gasteiger partial charge is 0.497 e. The minimum Gasteiger partial charge on any atom is -0.497 e. The lowest BCUT2D eigenvalue weighted by Gasteiger charge is -2.29. The molecule has 0 saturated carbocycles. The molecule has 0 fully saturated rings. The summed E-state index contributed by atoms with van der Waals surface area (Å²) in [5.41, 5.74) is 13.5. The maximum absolute atomic E-state index is 14.1. The zero-order valence-electron chi connectivity index (χ0n) is 19.9. The number of esters is 1. The molecule has 10 nitrogen and oxygen atoms in total. The molecule has 2 aromatic carbocycles. The average Bonchev–Trinajstić information content (AvgIpc) is 3.20. The Balaban J connectivity index is 2.06. The van der Waals surface area contributed by atoms with E-state index in [4.69, 9.17) is 20.9 Å². The number of anilines is 3. The lowest BCUT2D eigenvalue weighted by molar-refractivity contribution is -0.145. The molecule has 4 N–H and O–H groups in total. The highest BCUT2D eigenvalue weighted by Gasteiger charge is 2.52. The zero-order valence-corrected chi connectivity index (χ0v) is 20.7. The van der Waals surface area contributed by atoms with Crippen LogP contribution in [0.4, 0.5) is 17.3 Å². The van der Waals surface area contributed by atoms with E-state index in [9.17, 15) is 18.5 Å². The third kappa shape index (κ3) is 3.95. The first kappa shape index (κ1) is 24.8. The maximum Gasteiger partial charge on any atom is 0.316 e. The molecule has 0 radical (unpaired) electrons. The molecule has 36 heavy (non-hydrogen) atoms. The molecule has 0 amide bonds. The maximum atomic E-state index is 14.1. The smallest absolute Gasteiger partial charge is 0.316 e. The van der Waals surface area contributed by atoms with E-state index in [1.165, 1.54) is 19.2 Å². The Labute approximate surface area is 209 Å². The van der Waals surface area contributed by atoms with Crippen LogP contribution in [0.5, 0.6) is 5.75 Å². The Morgan fingerprint density at radius 1 is 1.14 bits per heavy atom. The quantitative estimate of drug-likeness (QED) is 0.478. The van der Waals surface area contributed by atoms with Crippen LogP contribution in [0.3, 0.4) is 0 Å². The van der Waals surface area contributed by atoms with Crippen LogP contribution >= 0.6 is 0 Å². The van der Waals surface area contributed by atoms with Crippen LogP contribution in [0, 0.1) is 18.3 Å². The summed E-state index contributed by atoms with van der Waals surface area (Å²) in [4.78, 5) is 17.6. The lowest BCUT2D eigenvalue weighted by Crippen LogP contribution is -2.35. The van der Waals surface area contributed by atoms with Crippen molar-refractivity contribution in [1.82, 2.24) is 4.98 Å². The first-order chi connectivity index (χ1) is 17.1. The summed E-state index contributed by atoms with van der Waals surface area (Å²) in [6.45, 7) is 3.53. The van der Waals surface area contributed by atoms with Crippen molar-refractivity contribution < 1.29 is 22.7 Å². The second kappa shape index (κ2) is 9.39. The Morgan fingerprint density at radius 3 is 2.33 bits per heavy atom. The fourth-order valence-corrected chi connectivity index (χ4v) is 5.95. The van der Waals surface area contributed by atoms with Crippen molar-refractivity contribution in [3.05, 3.63) is 70.8 Å². The summed E-state index contributed by atoms with van der Waals surface area (Å²) in [5, 5.41) is 9.62. The van der Waals surface area contributed by atoms with Gasteiger partial charge in [0.25, 0.3) is 10.0 Å². The van der Waals surface area contributed by atoms with E-state index in [1.807, 2.05) is 13.0 Å². The van der Waals surface area contributed by atoms with Gasteiger partial charge in [-0.2, -0.15) is 5.26 Å². The second-order valence-corrected chi connectivity index (χ2v) is 10.0. The average molecular weight is 508 g/mol. The number of fused-ring (bicyclic) bond motifs is 1. The van der Waals surface area contributed by atoms with E-state index in [2.05, 4.69) is 4.98 Å². The molecule has 3 aromatic rings. The summed E-state index contributed by atoms with van der Waals surface area (Å²) in [6.07, 6.45) is 0. The van der Waals surface area contributed by atoms with Crippen LogP contribution in [0.15, 0.2) is 53.4 Å². The Morgan fingerprint density at radius 2 is 1.78 bits per heavy atom. The molecule has 1 aliphatic heterocycles. The Kier molecular flexibility index (Phi) is 6.47. The number of aromatic nitrogens is 1. The van der Waals surface area contributed by atoms with E-state index in [0.717, 1.165) is 9.87 Å². The monoisotopic (exact) mass is 507 g/mol. The number of nitrogens with two attached hydrogens (primary N) is 2. The number of rotatable bonds is 6. The number of carbonyl (C=O) groups excluding carboxylic acids is 1. The first-order valence-electron chi connectivity index (χ1n) is 11.1. The first-order valence-corrected chi connectivity index (χ1v) is 12.5. The minimum atomic E-state index is -4.28. The van der Waals surface area contributed by atoms with Gasteiger partial charge in [-0.15, -0.1) is 0 Å². The number of pyridine rings is 1. The van der Waals surface area contributed by atoms with Gasteiger partial charge < -0.3 is 20.9 Å². The summed E-state index contributed by atoms with van der Waals surface area (Å²) in [5.74, 6) is -1.72. The summed E-state index contributed by atoms with van der Waals surface area (Å²) >= 11 is 0. The van der Waals surface area contributed by atoms with Crippen molar-refractivity contribution in [1.29, 1.82) is 5.26 Å². The van der Waals surface area contributed by atoms with Crippen LogP contribution in [0.1, 0.15) is 41.1 Å². The van der Waals surface area contributed by atoms with Crippen molar-refractivity contribution in [3.63, 3.8) is 0 Å². The van der Waals surface area contributed by atoms with Crippen molar-refractivity contribution in [2.75, 3.05) is 29.5 Å². The number of benzene rings is 2. The standard InChI is InChI=1S/C25H25N5O5S/c1-4-35-25(31)20-19-21(27)18(13-26)23(28)29-24(19)30(22(20)15-7-9-16(34-3)10-8-15)36(32,33)17-11-5-14(2)6-12-17/h5-12,20,22H,4H2,1-3H3,(H4,27,28,29). The predicted molar refractivity (Wildman–Crippen MR) is 134 cm³/mol.